The fourth-order valence-electron chi connectivity index (χ4n) is 2.78. The Morgan fingerprint density at radius 2 is 2.09 bits per heavy atom. The Bertz CT molecular complexity index is 757. The molecule has 1 aliphatic heterocycles. The van der Waals surface area contributed by atoms with Crippen LogP contribution in [0.4, 0.5) is 8.78 Å². The lowest BCUT2D eigenvalue weighted by Crippen LogP contribution is -2.32. The van der Waals surface area contributed by atoms with Gasteiger partial charge in [0, 0.05) is 18.9 Å². The molecule has 1 aliphatic rings. The minimum Gasteiger partial charge on any atom is -0.391 e. The molecule has 7 heteroatoms. The van der Waals surface area contributed by atoms with E-state index in [9.17, 15) is 18.7 Å². The number of aromatic nitrogens is 1. The Labute approximate surface area is 136 Å². The van der Waals surface area contributed by atoms with Crippen LogP contribution in [-0.2, 0) is 0 Å². The second-order valence-electron chi connectivity index (χ2n) is 5.39. The van der Waals surface area contributed by atoms with E-state index in [0.717, 1.165) is 12.1 Å². The van der Waals surface area contributed by atoms with E-state index in [1.54, 1.807) is 0 Å². The van der Waals surface area contributed by atoms with Gasteiger partial charge in [0.15, 0.2) is 11.6 Å². The van der Waals surface area contributed by atoms with E-state index >= 15 is 0 Å². The number of benzene rings is 1. The Morgan fingerprint density at radius 1 is 1.30 bits per heavy atom. The number of likely N-dealkylation sites (tertiary alicyclic amines) is 1. The van der Waals surface area contributed by atoms with Gasteiger partial charge in [0.2, 0.25) is 0 Å². The highest BCUT2D eigenvalue weighted by Crippen LogP contribution is 2.34. The predicted octanol–water partition coefficient (Wildman–Crippen LogP) is 2.96. The molecule has 0 radical (unpaired) electrons. The number of hydrogen-bond acceptors (Lipinski definition) is 3. The number of halogens is 3. The van der Waals surface area contributed by atoms with E-state index in [2.05, 4.69) is 4.98 Å². The number of carbonyl (C=O) groups is 1. The Morgan fingerprint density at radius 3 is 2.78 bits per heavy atom. The van der Waals surface area contributed by atoms with Crippen LogP contribution >= 0.6 is 11.6 Å². The number of aliphatic hydroxyl groups excluding tert-OH is 1. The Balaban J connectivity index is 1.95. The predicted molar refractivity (Wildman–Crippen MR) is 80.0 cm³/mol. The molecule has 120 valence electrons. The lowest BCUT2D eigenvalue weighted by atomic mass is 10.0. The molecule has 0 bridgehead atoms. The summed E-state index contributed by atoms with van der Waals surface area (Å²) in [4.78, 5) is 17.9. The summed E-state index contributed by atoms with van der Waals surface area (Å²) in [5, 5.41) is 10.1. The number of β-amino-alcohol motifs (C(OH)–C–C–N with tert-alkyl or cyclic N) is 1. The van der Waals surface area contributed by atoms with Crippen molar-refractivity contribution in [2.24, 2.45) is 0 Å². The highest BCUT2D eigenvalue weighted by Gasteiger charge is 2.36. The first-order valence-corrected chi connectivity index (χ1v) is 7.38. The van der Waals surface area contributed by atoms with E-state index in [1.165, 1.54) is 29.4 Å². The summed E-state index contributed by atoms with van der Waals surface area (Å²) in [6.45, 7) is 0.0984. The van der Waals surface area contributed by atoms with Crippen molar-refractivity contribution >= 4 is 17.5 Å². The summed E-state index contributed by atoms with van der Waals surface area (Å²) in [5.41, 5.74) is 0.683. The van der Waals surface area contributed by atoms with Gasteiger partial charge in [-0.15, -0.1) is 0 Å². The van der Waals surface area contributed by atoms with Crippen LogP contribution in [0.5, 0.6) is 0 Å². The summed E-state index contributed by atoms with van der Waals surface area (Å²) in [6, 6.07) is 4.41. The fraction of sp³-hybridized carbons (Fsp3) is 0.250. The molecule has 1 aromatic carbocycles. The summed E-state index contributed by atoms with van der Waals surface area (Å²) in [7, 11) is 0. The number of carbonyl (C=O) groups excluding carboxylic acids is 1. The van der Waals surface area contributed by atoms with Crippen LogP contribution in [0.25, 0.3) is 0 Å². The van der Waals surface area contributed by atoms with E-state index in [-0.39, 0.29) is 29.5 Å². The fourth-order valence-corrected chi connectivity index (χ4v) is 2.98. The summed E-state index contributed by atoms with van der Waals surface area (Å²) < 4.78 is 26.6. The molecule has 1 fully saturated rings. The molecule has 4 nitrogen and oxygen atoms in total. The summed E-state index contributed by atoms with van der Waals surface area (Å²) in [5.74, 6) is -2.33. The number of amides is 1. The minimum absolute atomic E-state index is 0.0984. The zero-order chi connectivity index (χ0) is 16.6. The topological polar surface area (TPSA) is 53.4 Å². The van der Waals surface area contributed by atoms with Crippen LogP contribution in [0.15, 0.2) is 36.7 Å². The average molecular weight is 339 g/mol. The molecule has 1 N–H and O–H groups in total. The molecule has 0 aliphatic carbocycles. The van der Waals surface area contributed by atoms with Gasteiger partial charge in [-0.25, -0.2) is 8.78 Å². The van der Waals surface area contributed by atoms with E-state index in [1.807, 2.05) is 0 Å². The smallest absolute Gasteiger partial charge is 0.256 e. The molecule has 1 saturated heterocycles. The maximum absolute atomic E-state index is 13.5. The second-order valence-corrected chi connectivity index (χ2v) is 5.80. The van der Waals surface area contributed by atoms with Gasteiger partial charge >= 0.3 is 0 Å². The standard InChI is InChI=1S/C16H13ClF2N2O2/c17-12-7-20-4-3-11(12)16(23)21-8-10(22)6-15(21)9-1-2-13(18)14(19)5-9/h1-5,7,10,15,22H,6,8H2. The van der Waals surface area contributed by atoms with Crippen LogP contribution in [0.1, 0.15) is 28.4 Å². The van der Waals surface area contributed by atoms with Crippen molar-refractivity contribution in [2.45, 2.75) is 18.6 Å². The largest absolute Gasteiger partial charge is 0.391 e. The molecule has 2 atom stereocenters. The van der Waals surface area contributed by atoms with Crippen molar-refractivity contribution in [3.8, 4) is 0 Å². The molecule has 23 heavy (non-hydrogen) atoms. The highest BCUT2D eigenvalue weighted by molar-refractivity contribution is 6.33. The zero-order valence-corrected chi connectivity index (χ0v) is 12.7. The lowest BCUT2D eigenvalue weighted by Gasteiger charge is -2.25. The third-order valence-electron chi connectivity index (χ3n) is 3.87. The number of rotatable bonds is 2. The van der Waals surface area contributed by atoms with Crippen molar-refractivity contribution < 1.29 is 18.7 Å². The van der Waals surface area contributed by atoms with Crippen LogP contribution in [0.2, 0.25) is 5.02 Å². The van der Waals surface area contributed by atoms with E-state index in [4.69, 9.17) is 11.6 Å². The number of nitrogens with zero attached hydrogens (tertiary/aromatic N) is 2. The monoisotopic (exact) mass is 338 g/mol. The summed E-state index contributed by atoms with van der Waals surface area (Å²) in [6.07, 6.45) is 2.31. The van der Waals surface area contributed by atoms with Gasteiger partial charge < -0.3 is 10.0 Å². The molecular weight excluding hydrogens is 326 g/mol. The van der Waals surface area contributed by atoms with Gasteiger partial charge in [0.25, 0.3) is 5.91 Å². The van der Waals surface area contributed by atoms with Crippen molar-refractivity contribution in [2.75, 3.05) is 6.54 Å². The maximum atomic E-state index is 13.5. The Hall–Kier alpha value is -2.05. The average Bonchev–Trinajstić information content (AvgIpc) is 2.92. The number of hydrogen-bond donors (Lipinski definition) is 1. The van der Waals surface area contributed by atoms with E-state index in [0.29, 0.717) is 5.56 Å². The van der Waals surface area contributed by atoms with Gasteiger partial charge in [-0.05, 0) is 30.2 Å². The van der Waals surface area contributed by atoms with Gasteiger partial charge in [-0.3, -0.25) is 9.78 Å². The molecule has 2 aromatic rings. The maximum Gasteiger partial charge on any atom is 0.256 e. The lowest BCUT2D eigenvalue weighted by molar-refractivity contribution is 0.0715. The first-order chi connectivity index (χ1) is 11.0. The van der Waals surface area contributed by atoms with Crippen LogP contribution in [0.3, 0.4) is 0 Å². The van der Waals surface area contributed by atoms with Crippen molar-refractivity contribution in [3.05, 3.63) is 64.4 Å². The van der Waals surface area contributed by atoms with Gasteiger partial charge in [-0.2, -0.15) is 0 Å². The van der Waals surface area contributed by atoms with Crippen molar-refractivity contribution in [1.82, 2.24) is 9.88 Å². The SMILES string of the molecule is O=C(c1ccncc1Cl)N1CC(O)CC1c1ccc(F)c(F)c1. The molecule has 0 spiro atoms. The highest BCUT2D eigenvalue weighted by atomic mass is 35.5. The van der Waals surface area contributed by atoms with E-state index < -0.39 is 23.8 Å². The molecule has 2 unspecified atom stereocenters. The first kappa shape index (κ1) is 15.8. The molecule has 1 amide bonds. The quantitative estimate of drug-likeness (QED) is 0.916. The van der Waals surface area contributed by atoms with Crippen molar-refractivity contribution in [3.63, 3.8) is 0 Å². The Kier molecular flexibility index (Phi) is 4.28. The molecule has 1 aromatic heterocycles. The molecule has 2 heterocycles. The van der Waals surface area contributed by atoms with Crippen LogP contribution in [-0.4, -0.2) is 33.5 Å². The number of aliphatic hydroxyl groups is 1. The van der Waals surface area contributed by atoms with Crippen LogP contribution in [0, 0.1) is 11.6 Å². The second kappa shape index (κ2) is 6.22. The molecular formula is C16H13ClF2N2O2. The van der Waals surface area contributed by atoms with Crippen LogP contribution < -0.4 is 0 Å². The normalized spacial score (nSPS) is 20.8. The van der Waals surface area contributed by atoms with Crippen molar-refractivity contribution in [1.29, 1.82) is 0 Å². The number of pyridine rings is 1. The third kappa shape index (κ3) is 3.04. The third-order valence-corrected chi connectivity index (χ3v) is 4.17. The van der Waals surface area contributed by atoms with Gasteiger partial charge in [0.1, 0.15) is 0 Å². The molecule has 3 rings (SSSR count). The molecule has 0 saturated carbocycles. The first-order valence-electron chi connectivity index (χ1n) is 7.01. The summed E-state index contributed by atoms with van der Waals surface area (Å²) >= 11 is 5.99. The minimum atomic E-state index is -0.988. The van der Waals surface area contributed by atoms with Gasteiger partial charge in [-0.1, -0.05) is 17.7 Å². The zero-order valence-electron chi connectivity index (χ0n) is 11.9. The van der Waals surface area contributed by atoms with Gasteiger partial charge in [0.05, 0.1) is 22.7 Å².